The van der Waals surface area contributed by atoms with Gasteiger partial charge in [0, 0.05) is 11.6 Å². The maximum atomic E-state index is 14.9. The smallest absolute Gasteiger partial charge is 0.238 e. The van der Waals surface area contributed by atoms with Gasteiger partial charge in [-0.2, -0.15) is 0 Å². The summed E-state index contributed by atoms with van der Waals surface area (Å²) in [7, 11) is 0. The number of amides is 1. The van der Waals surface area contributed by atoms with E-state index in [4.69, 9.17) is 11.6 Å². The Labute approximate surface area is 200 Å². The van der Waals surface area contributed by atoms with Crippen LogP contribution < -0.4 is 5.32 Å². The molecule has 0 radical (unpaired) electrons. The lowest BCUT2D eigenvalue weighted by molar-refractivity contribution is -0.120. The quantitative estimate of drug-likeness (QED) is 0.339. The molecule has 1 fully saturated rings. The molecule has 0 aliphatic heterocycles. The summed E-state index contributed by atoms with van der Waals surface area (Å²) in [6.45, 7) is 0. The highest BCUT2D eigenvalue weighted by atomic mass is 35.5. The zero-order chi connectivity index (χ0) is 22.8. The SMILES string of the molecule is O=C(NC1CC1)C(Sc1nnc(-c2ccccc2Cl)n1-c1ccccc1F)c1ccccc1. The Bertz CT molecular complexity index is 1290. The van der Waals surface area contributed by atoms with E-state index in [2.05, 4.69) is 15.5 Å². The van der Waals surface area contributed by atoms with E-state index in [9.17, 15) is 9.18 Å². The van der Waals surface area contributed by atoms with E-state index < -0.39 is 11.1 Å². The first-order chi connectivity index (χ1) is 16.1. The molecular weight excluding hydrogens is 459 g/mol. The van der Waals surface area contributed by atoms with E-state index in [1.54, 1.807) is 28.8 Å². The normalized spacial score (nSPS) is 14.1. The molecule has 3 aromatic carbocycles. The van der Waals surface area contributed by atoms with E-state index in [0.29, 0.717) is 21.6 Å². The number of benzene rings is 3. The Morgan fingerprint density at radius 3 is 2.42 bits per heavy atom. The van der Waals surface area contributed by atoms with E-state index in [0.717, 1.165) is 18.4 Å². The van der Waals surface area contributed by atoms with Crippen molar-refractivity contribution in [2.24, 2.45) is 0 Å². The number of nitrogens with one attached hydrogen (secondary N) is 1. The number of aromatic nitrogens is 3. The topological polar surface area (TPSA) is 59.8 Å². The summed E-state index contributed by atoms with van der Waals surface area (Å²) in [6, 6.07) is 23.3. The molecule has 0 saturated heterocycles. The largest absolute Gasteiger partial charge is 0.352 e. The van der Waals surface area contributed by atoms with Crippen LogP contribution in [0.1, 0.15) is 23.7 Å². The highest BCUT2D eigenvalue weighted by Crippen LogP contribution is 2.39. The fourth-order valence-corrected chi connectivity index (χ4v) is 4.80. The monoisotopic (exact) mass is 478 g/mol. The summed E-state index contributed by atoms with van der Waals surface area (Å²) >= 11 is 7.68. The Balaban J connectivity index is 1.62. The van der Waals surface area contributed by atoms with Crippen molar-refractivity contribution < 1.29 is 9.18 Å². The molecule has 5 nitrogen and oxygen atoms in total. The van der Waals surface area contributed by atoms with Crippen LogP contribution in [0.5, 0.6) is 0 Å². The molecule has 33 heavy (non-hydrogen) atoms. The van der Waals surface area contributed by atoms with Gasteiger partial charge < -0.3 is 5.32 Å². The van der Waals surface area contributed by atoms with E-state index in [-0.39, 0.29) is 17.6 Å². The highest BCUT2D eigenvalue weighted by molar-refractivity contribution is 8.00. The Hall–Kier alpha value is -3.16. The minimum Gasteiger partial charge on any atom is -0.352 e. The summed E-state index contributed by atoms with van der Waals surface area (Å²) in [4.78, 5) is 13.2. The molecule has 1 aliphatic rings. The number of nitrogens with zero attached hydrogens (tertiary/aromatic N) is 3. The van der Waals surface area contributed by atoms with Gasteiger partial charge in [-0.15, -0.1) is 10.2 Å². The summed E-state index contributed by atoms with van der Waals surface area (Å²) < 4.78 is 16.6. The lowest BCUT2D eigenvalue weighted by Gasteiger charge is -2.18. The number of carbonyl (C=O) groups is 1. The first-order valence-electron chi connectivity index (χ1n) is 10.6. The van der Waals surface area contributed by atoms with Gasteiger partial charge in [-0.25, -0.2) is 4.39 Å². The minimum absolute atomic E-state index is 0.101. The first-order valence-corrected chi connectivity index (χ1v) is 11.8. The lowest BCUT2D eigenvalue weighted by Crippen LogP contribution is -2.30. The maximum Gasteiger partial charge on any atom is 0.238 e. The van der Waals surface area contributed by atoms with Crippen molar-refractivity contribution in [3.8, 4) is 17.1 Å². The first kappa shape index (κ1) is 21.7. The second kappa shape index (κ2) is 9.37. The molecule has 5 rings (SSSR count). The van der Waals surface area contributed by atoms with Crippen molar-refractivity contribution in [1.82, 2.24) is 20.1 Å². The summed E-state index contributed by atoms with van der Waals surface area (Å²) in [5.74, 6) is -0.121. The Morgan fingerprint density at radius 2 is 1.70 bits per heavy atom. The fraction of sp³-hybridized carbons (Fsp3) is 0.160. The minimum atomic E-state index is -0.569. The molecule has 1 aromatic heterocycles. The van der Waals surface area contributed by atoms with Gasteiger partial charge >= 0.3 is 0 Å². The molecule has 166 valence electrons. The molecule has 1 unspecified atom stereocenters. The molecule has 8 heteroatoms. The number of hydrogen-bond donors (Lipinski definition) is 1. The number of rotatable bonds is 7. The van der Waals surface area contributed by atoms with Gasteiger partial charge in [0.25, 0.3) is 0 Å². The Kier molecular flexibility index (Phi) is 6.15. The van der Waals surface area contributed by atoms with Gasteiger partial charge in [0.1, 0.15) is 11.1 Å². The molecule has 1 atom stereocenters. The number of halogens is 2. The third-order valence-electron chi connectivity index (χ3n) is 5.33. The summed E-state index contributed by atoms with van der Waals surface area (Å²) in [5.41, 5.74) is 1.75. The zero-order valence-corrected chi connectivity index (χ0v) is 19.1. The molecular formula is C25H20ClFN4OS. The van der Waals surface area contributed by atoms with Gasteiger partial charge in [0.05, 0.1) is 10.7 Å². The molecule has 4 aromatic rings. The van der Waals surface area contributed by atoms with Crippen molar-refractivity contribution in [3.05, 3.63) is 95.3 Å². The number of thioether (sulfide) groups is 1. The number of hydrogen-bond acceptors (Lipinski definition) is 4. The van der Waals surface area contributed by atoms with Gasteiger partial charge in [-0.05, 0) is 42.7 Å². The van der Waals surface area contributed by atoms with E-state index in [1.807, 2.05) is 48.5 Å². The van der Waals surface area contributed by atoms with Crippen molar-refractivity contribution in [2.75, 3.05) is 0 Å². The van der Waals surface area contributed by atoms with Crippen molar-refractivity contribution in [2.45, 2.75) is 29.3 Å². The third-order valence-corrected chi connectivity index (χ3v) is 6.86. The molecule has 0 spiro atoms. The molecule has 1 aliphatic carbocycles. The second-order valence-corrected chi connectivity index (χ2v) is 9.24. The average molecular weight is 479 g/mol. The summed E-state index contributed by atoms with van der Waals surface area (Å²) in [5, 5.41) is 12.1. The fourth-order valence-electron chi connectivity index (χ4n) is 3.52. The predicted molar refractivity (Wildman–Crippen MR) is 128 cm³/mol. The molecule has 0 bridgehead atoms. The van der Waals surface area contributed by atoms with Crippen molar-refractivity contribution in [1.29, 1.82) is 0 Å². The number of para-hydroxylation sites is 1. The molecule has 1 amide bonds. The van der Waals surface area contributed by atoms with Crippen LogP contribution in [0.4, 0.5) is 4.39 Å². The third kappa shape index (κ3) is 4.65. The Morgan fingerprint density at radius 1 is 1.00 bits per heavy atom. The van der Waals surface area contributed by atoms with Crippen molar-refractivity contribution >= 4 is 29.3 Å². The molecule has 1 heterocycles. The van der Waals surface area contributed by atoms with Gasteiger partial charge in [-0.3, -0.25) is 9.36 Å². The molecule has 1 N–H and O–H groups in total. The summed E-state index contributed by atoms with van der Waals surface area (Å²) in [6.07, 6.45) is 1.97. The van der Waals surface area contributed by atoms with Crippen LogP contribution in [0.15, 0.2) is 84.0 Å². The van der Waals surface area contributed by atoms with Crippen LogP contribution in [0.25, 0.3) is 17.1 Å². The standard InChI is InChI=1S/C25H20ClFN4OS/c26-19-11-5-4-10-18(19)23-29-30-25(31(23)21-13-7-6-12-20(21)27)33-22(16-8-2-1-3-9-16)24(32)28-17-14-15-17/h1-13,17,22H,14-15H2,(H,28,32). The molecule has 1 saturated carbocycles. The van der Waals surface area contributed by atoms with E-state index in [1.165, 1.54) is 17.8 Å². The van der Waals surface area contributed by atoms with Crippen LogP contribution in [0.3, 0.4) is 0 Å². The van der Waals surface area contributed by atoms with Gasteiger partial charge in [0.2, 0.25) is 5.91 Å². The second-order valence-electron chi connectivity index (χ2n) is 7.76. The van der Waals surface area contributed by atoms with Crippen LogP contribution in [0.2, 0.25) is 5.02 Å². The zero-order valence-electron chi connectivity index (χ0n) is 17.5. The lowest BCUT2D eigenvalue weighted by atomic mass is 10.1. The van der Waals surface area contributed by atoms with Gasteiger partial charge in [0.15, 0.2) is 11.0 Å². The average Bonchev–Trinajstić information content (AvgIpc) is 3.55. The maximum absolute atomic E-state index is 14.9. The highest BCUT2D eigenvalue weighted by Gasteiger charge is 2.31. The van der Waals surface area contributed by atoms with Crippen LogP contribution in [0, 0.1) is 5.82 Å². The van der Waals surface area contributed by atoms with Crippen LogP contribution >= 0.6 is 23.4 Å². The van der Waals surface area contributed by atoms with Crippen LogP contribution in [-0.4, -0.2) is 26.7 Å². The van der Waals surface area contributed by atoms with Crippen molar-refractivity contribution in [3.63, 3.8) is 0 Å². The predicted octanol–water partition coefficient (Wildman–Crippen LogP) is 5.84. The van der Waals surface area contributed by atoms with E-state index >= 15 is 0 Å². The van der Waals surface area contributed by atoms with Crippen LogP contribution in [-0.2, 0) is 4.79 Å². The number of carbonyl (C=O) groups excluding carboxylic acids is 1. The van der Waals surface area contributed by atoms with Gasteiger partial charge in [-0.1, -0.05) is 78.0 Å².